The van der Waals surface area contributed by atoms with Crippen molar-refractivity contribution in [3.05, 3.63) is 44.4 Å². The summed E-state index contributed by atoms with van der Waals surface area (Å²) in [5.74, 6) is -2.11. The summed E-state index contributed by atoms with van der Waals surface area (Å²) >= 11 is 2.83. The van der Waals surface area contributed by atoms with Crippen molar-refractivity contribution in [1.82, 2.24) is 9.88 Å². The summed E-state index contributed by atoms with van der Waals surface area (Å²) in [5, 5.41) is 10.4. The molecule has 8 atom stereocenters. The molecule has 0 radical (unpaired) electrons. The number of aromatic amines is 1. The van der Waals surface area contributed by atoms with Crippen molar-refractivity contribution in [2.45, 2.75) is 35.6 Å². The van der Waals surface area contributed by atoms with Crippen molar-refractivity contribution in [3.8, 4) is 5.75 Å². The molecule has 3 heterocycles. The summed E-state index contributed by atoms with van der Waals surface area (Å²) in [4.78, 5) is 55.3. The van der Waals surface area contributed by atoms with E-state index in [1.54, 1.807) is 18.9 Å². The lowest BCUT2D eigenvalue weighted by atomic mass is 9.68. The molecule has 1 aromatic heterocycles. The van der Waals surface area contributed by atoms with Gasteiger partial charge in [0.2, 0.25) is 11.8 Å². The number of amides is 2. The molecule has 8 nitrogen and oxygen atoms in total. The third kappa shape index (κ3) is 2.76. The fourth-order valence-electron chi connectivity index (χ4n) is 6.72. The second kappa shape index (κ2) is 7.20. The molecule has 172 valence electrons. The largest absolute Gasteiger partial charge is 0.497 e. The molecular weight excluding hydrogens is 464 g/mol. The first-order chi connectivity index (χ1) is 15.8. The number of rotatable bonds is 4. The predicted molar refractivity (Wildman–Crippen MR) is 120 cm³/mol. The molecular formula is C23H22N2O6S2. The number of aromatic nitrogens is 1. The van der Waals surface area contributed by atoms with Crippen LogP contribution in [0, 0.1) is 29.6 Å². The number of nitrogens with zero attached hydrogens (tertiary/aromatic N) is 1. The number of ether oxygens (including phenoxy) is 1. The fraction of sp³-hybridized carbons (Fsp3) is 0.478. The number of carbonyl (C=O) groups is 3. The topological polar surface area (TPSA) is 117 Å². The van der Waals surface area contributed by atoms with Gasteiger partial charge >= 0.3 is 10.8 Å². The van der Waals surface area contributed by atoms with E-state index in [1.807, 2.05) is 24.3 Å². The number of aliphatic carboxylic acids is 1. The zero-order valence-electron chi connectivity index (χ0n) is 17.9. The van der Waals surface area contributed by atoms with Crippen LogP contribution < -0.4 is 9.61 Å². The predicted octanol–water partition coefficient (Wildman–Crippen LogP) is 2.39. The summed E-state index contributed by atoms with van der Waals surface area (Å²) in [7, 11) is 1.61. The van der Waals surface area contributed by atoms with E-state index in [2.05, 4.69) is 4.98 Å². The molecule has 2 N–H and O–H groups in total. The normalized spacial score (nSPS) is 34.7. The van der Waals surface area contributed by atoms with Crippen LogP contribution in [0.2, 0.25) is 0 Å². The van der Waals surface area contributed by atoms with Gasteiger partial charge < -0.3 is 14.8 Å². The molecule has 6 rings (SSSR count). The summed E-state index contributed by atoms with van der Waals surface area (Å²) < 4.78 is 5.31. The Kier molecular flexibility index (Phi) is 4.58. The van der Waals surface area contributed by atoms with Gasteiger partial charge in [0.15, 0.2) is 0 Å². The van der Waals surface area contributed by atoms with Crippen LogP contribution in [0.25, 0.3) is 0 Å². The number of carboxylic acids is 1. The number of thioether (sulfide) groups is 1. The number of hydrogen-bond donors (Lipinski definition) is 2. The summed E-state index contributed by atoms with van der Waals surface area (Å²) in [6.07, 6.45) is 0.774. The molecule has 2 bridgehead atoms. The summed E-state index contributed by atoms with van der Waals surface area (Å²) in [5.41, 5.74) is 1.05. The monoisotopic (exact) mass is 486 g/mol. The van der Waals surface area contributed by atoms with Crippen LogP contribution >= 0.6 is 23.1 Å². The molecule has 2 aliphatic carbocycles. The number of fused-ring (bicyclic) bond motifs is 9. The Labute approximate surface area is 197 Å². The standard InChI is InChI=1S/C23H22N2O6S2/c1-8(22(28)29)25-20(26)15-11-7-12(16(15)21(25)27)17-14(11)13(9-3-5-10(31-2)6-4-9)18-19(32-17)24-23(30)33-18/h3-6,8,11-17H,7H2,1-2H3,(H,24,30)(H,28,29)/t8-,11+,12+,13-,14+,15-,16-,17+/m0/s1. The van der Waals surface area contributed by atoms with Crippen LogP contribution in [0.1, 0.15) is 29.7 Å². The summed E-state index contributed by atoms with van der Waals surface area (Å²) in [6, 6.07) is 6.65. The lowest BCUT2D eigenvalue weighted by Crippen LogP contribution is -2.44. The molecule has 10 heteroatoms. The number of carbonyl (C=O) groups excluding carboxylic acids is 2. The van der Waals surface area contributed by atoms with Gasteiger partial charge in [-0.15, -0.1) is 11.8 Å². The van der Waals surface area contributed by atoms with E-state index in [1.165, 1.54) is 18.3 Å². The van der Waals surface area contributed by atoms with E-state index in [9.17, 15) is 24.3 Å². The van der Waals surface area contributed by atoms with Crippen molar-refractivity contribution >= 4 is 40.9 Å². The number of carboxylic acid groups (broad SMARTS) is 1. The lowest BCUT2D eigenvalue weighted by molar-refractivity contribution is -0.154. The minimum Gasteiger partial charge on any atom is -0.497 e. The average molecular weight is 487 g/mol. The number of imide groups is 1. The number of nitrogens with one attached hydrogen (secondary N) is 1. The van der Waals surface area contributed by atoms with E-state index < -0.39 is 23.8 Å². The molecule has 2 amide bonds. The number of likely N-dealkylation sites (tertiary alicyclic amines) is 1. The van der Waals surface area contributed by atoms with E-state index >= 15 is 0 Å². The number of hydrogen-bond acceptors (Lipinski definition) is 7. The Bertz CT molecular complexity index is 1240. The SMILES string of the molecule is COc1ccc([C@@H]2c3sc(=O)[nH]c3S[C@@H]3[C@@H]4C[C@@H]([C@@H]5C(=O)N([C@@H](C)C(=O)O)C(=O)[C@@H]45)[C@H]23)cc1. The average Bonchev–Trinajstić information content (AvgIpc) is 3.52. The number of benzene rings is 1. The van der Waals surface area contributed by atoms with E-state index in [-0.39, 0.29) is 45.6 Å². The van der Waals surface area contributed by atoms with Crippen LogP contribution in [0.4, 0.5) is 0 Å². The second-order valence-corrected chi connectivity index (χ2v) is 11.5. The van der Waals surface area contributed by atoms with Gasteiger partial charge in [0.1, 0.15) is 11.8 Å². The molecule has 2 aromatic rings. The van der Waals surface area contributed by atoms with Crippen LogP contribution in [0.15, 0.2) is 34.1 Å². The van der Waals surface area contributed by atoms with Crippen LogP contribution in [0.3, 0.4) is 0 Å². The number of methoxy groups -OCH3 is 1. The Morgan fingerprint density at radius 3 is 2.45 bits per heavy atom. The van der Waals surface area contributed by atoms with Gasteiger partial charge in [0.05, 0.1) is 24.0 Å². The third-order valence-electron chi connectivity index (χ3n) is 7.98. The quantitative estimate of drug-likeness (QED) is 0.638. The van der Waals surface area contributed by atoms with Gasteiger partial charge in [-0.25, -0.2) is 4.79 Å². The molecule has 4 aliphatic rings. The highest BCUT2D eigenvalue weighted by molar-refractivity contribution is 8.00. The van der Waals surface area contributed by atoms with Crippen LogP contribution in [-0.2, 0) is 14.4 Å². The highest BCUT2D eigenvalue weighted by atomic mass is 32.2. The van der Waals surface area contributed by atoms with Crippen molar-refractivity contribution < 1.29 is 24.2 Å². The Hall–Kier alpha value is -2.59. The van der Waals surface area contributed by atoms with Crippen molar-refractivity contribution in [3.63, 3.8) is 0 Å². The van der Waals surface area contributed by atoms with E-state index in [0.29, 0.717) is 0 Å². The zero-order chi connectivity index (χ0) is 23.2. The Morgan fingerprint density at radius 1 is 1.15 bits per heavy atom. The highest BCUT2D eigenvalue weighted by Crippen LogP contribution is 2.68. The molecule has 2 saturated carbocycles. The maximum atomic E-state index is 13.3. The van der Waals surface area contributed by atoms with Crippen molar-refractivity contribution in [1.29, 1.82) is 0 Å². The highest BCUT2D eigenvalue weighted by Gasteiger charge is 2.70. The van der Waals surface area contributed by atoms with Crippen LogP contribution in [-0.4, -0.2) is 51.2 Å². The van der Waals surface area contributed by atoms with Gasteiger partial charge in [0, 0.05) is 16.0 Å². The Morgan fingerprint density at radius 2 is 1.82 bits per heavy atom. The van der Waals surface area contributed by atoms with Crippen molar-refractivity contribution in [2.24, 2.45) is 29.6 Å². The molecule has 0 unspecified atom stereocenters. The fourth-order valence-corrected chi connectivity index (χ4v) is 9.61. The van der Waals surface area contributed by atoms with E-state index in [0.717, 1.165) is 32.5 Å². The van der Waals surface area contributed by atoms with E-state index in [4.69, 9.17) is 4.74 Å². The molecule has 3 fully saturated rings. The molecule has 33 heavy (non-hydrogen) atoms. The first kappa shape index (κ1) is 21.0. The lowest BCUT2D eigenvalue weighted by Gasteiger charge is -2.43. The first-order valence-electron chi connectivity index (χ1n) is 10.9. The molecule has 1 aromatic carbocycles. The second-order valence-electron chi connectivity index (χ2n) is 9.29. The zero-order valence-corrected chi connectivity index (χ0v) is 19.5. The number of thiazole rings is 1. The summed E-state index contributed by atoms with van der Waals surface area (Å²) in [6.45, 7) is 1.39. The molecule has 2 aliphatic heterocycles. The molecule has 0 spiro atoms. The van der Waals surface area contributed by atoms with Gasteiger partial charge in [-0.1, -0.05) is 23.5 Å². The Balaban J connectivity index is 1.44. The maximum Gasteiger partial charge on any atom is 0.326 e. The third-order valence-corrected chi connectivity index (χ3v) is 10.6. The maximum absolute atomic E-state index is 13.3. The van der Waals surface area contributed by atoms with Gasteiger partial charge in [0.25, 0.3) is 0 Å². The smallest absolute Gasteiger partial charge is 0.326 e. The minimum absolute atomic E-state index is 0.0188. The molecule has 1 saturated heterocycles. The number of H-pyrrole nitrogens is 1. The van der Waals surface area contributed by atoms with Crippen LogP contribution in [0.5, 0.6) is 5.75 Å². The first-order valence-corrected chi connectivity index (χ1v) is 12.6. The van der Waals surface area contributed by atoms with Gasteiger partial charge in [-0.2, -0.15) is 0 Å². The minimum atomic E-state index is -1.17. The van der Waals surface area contributed by atoms with Gasteiger partial charge in [-0.3, -0.25) is 19.3 Å². The van der Waals surface area contributed by atoms with Gasteiger partial charge in [-0.05, 0) is 48.8 Å². The van der Waals surface area contributed by atoms with Crippen molar-refractivity contribution in [2.75, 3.05) is 7.11 Å².